The van der Waals surface area contributed by atoms with E-state index in [1.807, 2.05) is 0 Å². The molecule has 1 amide bonds. The zero-order valence-electron chi connectivity index (χ0n) is 8.28. The smallest absolute Gasteiger partial charge is 0.286 e. The van der Waals surface area contributed by atoms with Crippen molar-refractivity contribution < 1.29 is 9.90 Å². The molecule has 0 aromatic heterocycles. The molecule has 0 aliphatic carbocycles. The van der Waals surface area contributed by atoms with Crippen molar-refractivity contribution in [3.05, 3.63) is 32.6 Å². The van der Waals surface area contributed by atoms with E-state index in [-0.39, 0.29) is 21.0 Å². The molecule has 1 heterocycles. The molecule has 0 saturated heterocycles. The zero-order chi connectivity index (χ0) is 12.6. The van der Waals surface area contributed by atoms with Gasteiger partial charge in [0, 0.05) is 0 Å². The molecular weight excluding hydrogens is 283 g/mol. The minimum Gasteiger partial charge on any atom is -0.505 e. The number of nitrogens with two attached hydrogens (primary N) is 1. The topological polar surface area (TPSA) is 75.7 Å². The Morgan fingerprint density at radius 2 is 1.94 bits per heavy atom. The van der Waals surface area contributed by atoms with E-state index in [1.54, 1.807) is 6.08 Å². The van der Waals surface area contributed by atoms with Crippen molar-refractivity contribution in [2.24, 2.45) is 10.7 Å². The molecule has 3 N–H and O–H groups in total. The van der Waals surface area contributed by atoms with Gasteiger partial charge in [0.1, 0.15) is 0 Å². The molecule has 2 rings (SSSR count). The molecule has 1 aliphatic rings. The van der Waals surface area contributed by atoms with E-state index in [0.717, 1.165) is 11.8 Å². The van der Waals surface area contributed by atoms with Gasteiger partial charge in [0.15, 0.2) is 10.9 Å². The maximum absolute atomic E-state index is 11.4. The van der Waals surface area contributed by atoms with Gasteiger partial charge in [0.2, 0.25) is 0 Å². The lowest BCUT2D eigenvalue weighted by atomic mass is 10.2. The fraction of sp³-hybridized carbons (Fsp3) is 0. The standard InChI is InChI=1S/C10H6Cl2N2O2S/c11-5-1-4(2-6(12)8(5)15)3-7-9(16)14-10(13)17-7/h1-3,15H,(H2,13,14,16)/b7-3+. The van der Waals surface area contributed by atoms with E-state index in [1.165, 1.54) is 12.1 Å². The third kappa shape index (κ3) is 2.57. The minimum atomic E-state index is -0.396. The lowest BCUT2D eigenvalue weighted by molar-refractivity contribution is -0.113. The lowest BCUT2D eigenvalue weighted by Gasteiger charge is -2.02. The molecule has 0 atom stereocenters. The number of halogens is 2. The number of phenols is 1. The summed E-state index contributed by atoms with van der Waals surface area (Å²) in [6, 6.07) is 3.00. The quantitative estimate of drug-likeness (QED) is 0.779. The molecule has 4 nitrogen and oxygen atoms in total. The molecule has 0 fully saturated rings. The highest BCUT2D eigenvalue weighted by Gasteiger charge is 2.19. The predicted molar refractivity (Wildman–Crippen MR) is 70.3 cm³/mol. The normalized spacial score (nSPS) is 17.6. The Labute approximate surface area is 111 Å². The van der Waals surface area contributed by atoms with Crippen molar-refractivity contribution in [3.63, 3.8) is 0 Å². The molecule has 0 spiro atoms. The van der Waals surface area contributed by atoms with Crippen LogP contribution in [0.5, 0.6) is 5.75 Å². The van der Waals surface area contributed by atoms with Gasteiger partial charge in [0.25, 0.3) is 5.91 Å². The van der Waals surface area contributed by atoms with Gasteiger partial charge in [-0.3, -0.25) is 4.79 Å². The van der Waals surface area contributed by atoms with Crippen LogP contribution in [0.4, 0.5) is 0 Å². The first kappa shape index (κ1) is 12.3. The Morgan fingerprint density at radius 3 is 2.41 bits per heavy atom. The molecule has 1 aliphatic heterocycles. The molecule has 7 heteroatoms. The van der Waals surface area contributed by atoms with Crippen molar-refractivity contribution in [2.45, 2.75) is 0 Å². The van der Waals surface area contributed by atoms with Gasteiger partial charge in [-0.1, -0.05) is 23.2 Å². The van der Waals surface area contributed by atoms with Crippen LogP contribution in [0.25, 0.3) is 6.08 Å². The number of aromatic hydroxyl groups is 1. The van der Waals surface area contributed by atoms with Gasteiger partial charge in [-0.05, 0) is 35.5 Å². The second-order valence-corrected chi connectivity index (χ2v) is 5.08. The predicted octanol–water partition coefficient (Wildman–Crippen LogP) is 2.63. The van der Waals surface area contributed by atoms with Crippen LogP contribution in [0.3, 0.4) is 0 Å². The van der Waals surface area contributed by atoms with Crippen molar-refractivity contribution in [1.29, 1.82) is 0 Å². The van der Waals surface area contributed by atoms with Crippen LogP contribution in [-0.4, -0.2) is 16.2 Å². The van der Waals surface area contributed by atoms with E-state index in [4.69, 9.17) is 28.9 Å². The summed E-state index contributed by atoms with van der Waals surface area (Å²) in [5.74, 6) is -0.579. The fourth-order valence-electron chi connectivity index (χ4n) is 1.25. The number of carbonyl (C=O) groups excluding carboxylic acids is 1. The van der Waals surface area contributed by atoms with Crippen LogP contribution in [0.2, 0.25) is 10.0 Å². The minimum absolute atomic E-state index is 0.119. The number of thioether (sulfide) groups is 1. The van der Waals surface area contributed by atoms with E-state index in [9.17, 15) is 9.90 Å². The van der Waals surface area contributed by atoms with Crippen molar-refractivity contribution in [2.75, 3.05) is 0 Å². The first-order valence-electron chi connectivity index (χ1n) is 4.43. The van der Waals surface area contributed by atoms with Crippen LogP contribution in [0.15, 0.2) is 22.0 Å². The van der Waals surface area contributed by atoms with Crippen molar-refractivity contribution in [1.82, 2.24) is 0 Å². The van der Waals surface area contributed by atoms with Gasteiger partial charge < -0.3 is 10.8 Å². The van der Waals surface area contributed by atoms with Crippen LogP contribution in [-0.2, 0) is 4.79 Å². The molecule has 0 bridgehead atoms. The summed E-state index contributed by atoms with van der Waals surface area (Å²) in [6.07, 6.45) is 1.56. The second kappa shape index (κ2) is 4.60. The van der Waals surface area contributed by atoms with Gasteiger partial charge in [-0.2, -0.15) is 4.99 Å². The average Bonchev–Trinajstić information content (AvgIpc) is 2.54. The summed E-state index contributed by atoms with van der Waals surface area (Å²) in [4.78, 5) is 15.3. The third-order valence-electron chi connectivity index (χ3n) is 1.97. The van der Waals surface area contributed by atoms with E-state index >= 15 is 0 Å². The number of phenolic OH excluding ortho intramolecular Hbond substituents is 1. The first-order valence-corrected chi connectivity index (χ1v) is 6.00. The summed E-state index contributed by atoms with van der Waals surface area (Å²) in [5.41, 5.74) is 6.01. The molecule has 0 unspecified atom stereocenters. The molecule has 0 radical (unpaired) electrons. The van der Waals surface area contributed by atoms with Crippen LogP contribution in [0, 0.1) is 0 Å². The molecule has 1 aromatic carbocycles. The van der Waals surface area contributed by atoms with E-state index in [2.05, 4.69) is 4.99 Å². The number of aliphatic imine (C=N–C) groups is 1. The first-order chi connectivity index (χ1) is 7.97. The van der Waals surface area contributed by atoms with Gasteiger partial charge in [-0.25, -0.2) is 0 Å². The number of hydrogen-bond donors (Lipinski definition) is 2. The lowest BCUT2D eigenvalue weighted by Crippen LogP contribution is -2.01. The number of benzene rings is 1. The fourth-order valence-corrected chi connectivity index (χ4v) is 2.43. The number of nitrogens with zero attached hydrogens (tertiary/aromatic N) is 1. The number of amidine groups is 1. The van der Waals surface area contributed by atoms with Crippen LogP contribution >= 0.6 is 35.0 Å². The highest BCUT2D eigenvalue weighted by atomic mass is 35.5. The number of carbonyl (C=O) groups is 1. The van der Waals surface area contributed by atoms with E-state index < -0.39 is 5.91 Å². The number of amides is 1. The van der Waals surface area contributed by atoms with Gasteiger partial charge >= 0.3 is 0 Å². The monoisotopic (exact) mass is 288 g/mol. The summed E-state index contributed by atoms with van der Waals surface area (Å²) < 4.78 is 0. The second-order valence-electron chi connectivity index (χ2n) is 3.20. The zero-order valence-corrected chi connectivity index (χ0v) is 10.6. The SMILES string of the molecule is NC1=NC(=O)/C(=C\c2cc(Cl)c(O)c(Cl)c2)S1. The third-order valence-corrected chi connectivity index (χ3v) is 3.36. The molecule has 17 heavy (non-hydrogen) atoms. The molecule has 0 saturated carbocycles. The van der Waals surface area contributed by atoms with Crippen LogP contribution in [0.1, 0.15) is 5.56 Å². The average molecular weight is 289 g/mol. The number of rotatable bonds is 1. The molecule has 1 aromatic rings. The largest absolute Gasteiger partial charge is 0.505 e. The van der Waals surface area contributed by atoms with Crippen molar-refractivity contribution >= 4 is 52.1 Å². The maximum atomic E-state index is 11.4. The Kier molecular flexibility index (Phi) is 3.33. The van der Waals surface area contributed by atoms with Gasteiger partial charge in [-0.15, -0.1) is 0 Å². The summed E-state index contributed by atoms with van der Waals surface area (Å²) in [5, 5.41) is 9.83. The summed E-state index contributed by atoms with van der Waals surface area (Å²) in [6.45, 7) is 0. The van der Waals surface area contributed by atoms with E-state index in [0.29, 0.717) is 10.5 Å². The maximum Gasteiger partial charge on any atom is 0.286 e. The molecular formula is C10H6Cl2N2O2S. The highest BCUT2D eigenvalue weighted by Crippen LogP contribution is 2.34. The van der Waals surface area contributed by atoms with Gasteiger partial charge in [0.05, 0.1) is 15.0 Å². The Balaban J connectivity index is 2.38. The van der Waals surface area contributed by atoms with Crippen molar-refractivity contribution in [3.8, 4) is 5.75 Å². The summed E-state index contributed by atoms with van der Waals surface area (Å²) in [7, 11) is 0. The molecule has 88 valence electrons. The summed E-state index contributed by atoms with van der Waals surface area (Å²) >= 11 is 12.6. The highest BCUT2D eigenvalue weighted by molar-refractivity contribution is 8.18. The Bertz CT molecular complexity index is 546. The Morgan fingerprint density at radius 1 is 1.35 bits per heavy atom. The van der Waals surface area contributed by atoms with Crippen LogP contribution < -0.4 is 5.73 Å². The Hall–Kier alpha value is -1.17. The number of hydrogen-bond acceptors (Lipinski definition) is 4.